The van der Waals surface area contributed by atoms with Crippen LogP contribution in [-0.2, 0) is 24.1 Å². The van der Waals surface area contributed by atoms with Gasteiger partial charge in [-0.3, -0.25) is 23.6 Å². The summed E-state index contributed by atoms with van der Waals surface area (Å²) in [4.78, 5) is 25.2. The van der Waals surface area contributed by atoms with Crippen LogP contribution < -0.4 is 15.8 Å². The fraction of sp³-hybridized carbons (Fsp3) is 0.190. The van der Waals surface area contributed by atoms with E-state index in [1.54, 1.807) is 44.7 Å². The molecule has 4 rings (SSSR count). The van der Waals surface area contributed by atoms with Crippen LogP contribution in [0.3, 0.4) is 0 Å². The van der Waals surface area contributed by atoms with Crippen molar-refractivity contribution in [1.82, 2.24) is 18.9 Å². The fourth-order valence-corrected chi connectivity index (χ4v) is 4.26. The monoisotopic (exact) mass is 473 g/mol. The molecule has 0 bridgehead atoms. The van der Waals surface area contributed by atoms with Gasteiger partial charge in [0.15, 0.2) is 0 Å². The van der Waals surface area contributed by atoms with Crippen LogP contribution in [-0.4, -0.2) is 33.1 Å². The summed E-state index contributed by atoms with van der Waals surface area (Å²) in [5.74, 6) is -0.0951. The summed E-state index contributed by atoms with van der Waals surface area (Å²) >= 11 is 6.13. The third-order valence-corrected chi connectivity index (χ3v) is 6.56. The van der Waals surface area contributed by atoms with Gasteiger partial charge in [-0.05, 0) is 31.2 Å². The van der Waals surface area contributed by atoms with Crippen LogP contribution >= 0.6 is 11.6 Å². The minimum atomic E-state index is -3.53. The maximum absolute atomic E-state index is 12.6. The van der Waals surface area contributed by atoms with E-state index in [1.165, 1.54) is 39.1 Å². The fourth-order valence-electron chi connectivity index (χ4n) is 3.47. The van der Waals surface area contributed by atoms with E-state index in [0.717, 1.165) is 0 Å². The Bertz CT molecular complexity index is 1580. The second-order valence-corrected chi connectivity index (χ2v) is 9.76. The first-order valence-electron chi connectivity index (χ1n) is 9.66. The zero-order valence-corrected chi connectivity index (χ0v) is 19.1. The van der Waals surface area contributed by atoms with Crippen LogP contribution in [0.4, 0.5) is 5.69 Å². The van der Waals surface area contributed by atoms with Gasteiger partial charge in [0.1, 0.15) is 5.52 Å². The first kappa shape index (κ1) is 21.8. The van der Waals surface area contributed by atoms with Gasteiger partial charge in [0, 0.05) is 55.6 Å². The molecule has 11 heteroatoms. The van der Waals surface area contributed by atoms with Crippen molar-refractivity contribution in [2.45, 2.75) is 6.92 Å². The number of benzene rings is 1. The highest BCUT2D eigenvalue weighted by atomic mass is 35.5. The lowest BCUT2D eigenvalue weighted by molar-refractivity contribution is 0.602. The summed E-state index contributed by atoms with van der Waals surface area (Å²) in [6.07, 6.45) is 4.72. The molecule has 3 heterocycles. The molecule has 32 heavy (non-hydrogen) atoms. The Balaban J connectivity index is 2.08. The molecule has 1 N–H and O–H groups in total. The molecule has 0 fully saturated rings. The lowest BCUT2D eigenvalue weighted by atomic mass is 10.0. The standard InChI is InChI=1S/C21H20ClN5O4S/c1-4-32(30,31)24-14-6-7-18(27-10-13(22)5-8-19(27)28)15(9-14)16-11-25(2)21(29)17-12-26(3)23-20(16)17/h5-12,24H,4H2,1-3H3. The number of fused-ring (bicyclic) bond motifs is 1. The molecule has 0 amide bonds. The first-order valence-corrected chi connectivity index (χ1v) is 11.7. The zero-order chi connectivity index (χ0) is 23.2. The maximum atomic E-state index is 12.6. The Labute approximate surface area is 188 Å². The minimum Gasteiger partial charge on any atom is -0.317 e. The van der Waals surface area contributed by atoms with Gasteiger partial charge in [0.05, 0.1) is 21.8 Å². The molecular formula is C21H20ClN5O4S. The topological polar surface area (TPSA) is 108 Å². The average molecular weight is 474 g/mol. The summed E-state index contributed by atoms with van der Waals surface area (Å²) in [6, 6.07) is 7.64. The number of hydrogen-bond acceptors (Lipinski definition) is 5. The second-order valence-electron chi connectivity index (χ2n) is 7.32. The van der Waals surface area contributed by atoms with E-state index < -0.39 is 10.0 Å². The highest BCUT2D eigenvalue weighted by Crippen LogP contribution is 2.33. The van der Waals surface area contributed by atoms with Crippen molar-refractivity contribution in [3.63, 3.8) is 0 Å². The number of aryl methyl sites for hydroxylation is 2. The second kappa shape index (κ2) is 7.95. The van der Waals surface area contributed by atoms with Crippen LogP contribution in [0.25, 0.3) is 27.7 Å². The van der Waals surface area contributed by atoms with E-state index in [0.29, 0.717) is 38.4 Å². The van der Waals surface area contributed by atoms with Gasteiger partial charge in [-0.1, -0.05) is 11.6 Å². The molecule has 3 aromatic heterocycles. The number of hydrogen-bond donors (Lipinski definition) is 1. The number of sulfonamides is 1. The van der Waals surface area contributed by atoms with Crippen LogP contribution in [0.5, 0.6) is 0 Å². The van der Waals surface area contributed by atoms with Crippen LogP contribution in [0.2, 0.25) is 5.02 Å². The lowest BCUT2D eigenvalue weighted by Crippen LogP contribution is -2.19. The Hall–Kier alpha value is -3.37. The van der Waals surface area contributed by atoms with E-state index in [1.807, 2.05) is 0 Å². The predicted octanol–water partition coefficient (Wildman–Crippen LogP) is 2.50. The molecule has 0 aliphatic heterocycles. The number of halogens is 1. The van der Waals surface area contributed by atoms with Gasteiger partial charge >= 0.3 is 0 Å². The highest BCUT2D eigenvalue weighted by Gasteiger charge is 2.18. The first-order chi connectivity index (χ1) is 15.1. The van der Waals surface area contributed by atoms with Crippen molar-refractivity contribution in [1.29, 1.82) is 0 Å². The molecule has 166 valence electrons. The smallest absolute Gasteiger partial charge is 0.261 e. The van der Waals surface area contributed by atoms with E-state index in [4.69, 9.17) is 11.6 Å². The third-order valence-electron chi connectivity index (χ3n) is 5.03. The van der Waals surface area contributed by atoms with Crippen molar-refractivity contribution < 1.29 is 8.42 Å². The normalized spacial score (nSPS) is 11.8. The molecule has 0 spiro atoms. The van der Waals surface area contributed by atoms with Gasteiger partial charge in [-0.15, -0.1) is 0 Å². The lowest BCUT2D eigenvalue weighted by Gasteiger charge is -2.16. The SMILES string of the molecule is CCS(=O)(=O)Nc1ccc(-n2cc(Cl)ccc2=O)c(-c2cn(C)c(=O)c3cn(C)nc23)c1. The largest absolute Gasteiger partial charge is 0.317 e. The van der Waals surface area contributed by atoms with Crippen LogP contribution in [0, 0.1) is 0 Å². The highest BCUT2D eigenvalue weighted by molar-refractivity contribution is 7.92. The van der Waals surface area contributed by atoms with Crippen LogP contribution in [0.1, 0.15) is 6.92 Å². The minimum absolute atomic E-state index is 0.0951. The number of anilines is 1. The van der Waals surface area contributed by atoms with Crippen molar-refractivity contribution in [2.75, 3.05) is 10.5 Å². The molecule has 0 saturated heterocycles. The van der Waals surface area contributed by atoms with Gasteiger partial charge in [0.25, 0.3) is 11.1 Å². The average Bonchev–Trinajstić information content (AvgIpc) is 3.14. The molecule has 0 saturated carbocycles. The molecule has 0 atom stereocenters. The summed E-state index contributed by atoms with van der Waals surface area (Å²) in [5, 5.41) is 5.19. The summed E-state index contributed by atoms with van der Waals surface area (Å²) in [6.45, 7) is 1.54. The van der Waals surface area contributed by atoms with Crippen molar-refractivity contribution in [3.05, 3.63) is 74.7 Å². The van der Waals surface area contributed by atoms with Gasteiger partial charge in [-0.25, -0.2) is 8.42 Å². The molecule has 0 unspecified atom stereocenters. The van der Waals surface area contributed by atoms with E-state index in [2.05, 4.69) is 9.82 Å². The molecule has 0 radical (unpaired) electrons. The Kier molecular flexibility index (Phi) is 5.43. The summed E-state index contributed by atoms with van der Waals surface area (Å²) < 4.78 is 31.1. The van der Waals surface area contributed by atoms with E-state index in [-0.39, 0.29) is 16.9 Å². The maximum Gasteiger partial charge on any atom is 0.261 e. The number of pyridine rings is 2. The molecule has 9 nitrogen and oxygen atoms in total. The van der Waals surface area contributed by atoms with Crippen molar-refractivity contribution in [3.8, 4) is 16.8 Å². The predicted molar refractivity (Wildman–Crippen MR) is 125 cm³/mol. The van der Waals surface area contributed by atoms with Gasteiger partial charge < -0.3 is 4.57 Å². The Morgan fingerprint density at radius 2 is 1.78 bits per heavy atom. The van der Waals surface area contributed by atoms with Gasteiger partial charge in [-0.2, -0.15) is 5.10 Å². The molecule has 0 aliphatic carbocycles. The van der Waals surface area contributed by atoms with E-state index in [9.17, 15) is 18.0 Å². The van der Waals surface area contributed by atoms with E-state index >= 15 is 0 Å². The summed E-state index contributed by atoms with van der Waals surface area (Å²) in [5.41, 5.74) is 1.73. The number of rotatable bonds is 5. The quantitative estimate of drug-likeness (QED) is 0.479. The third kappa shape index (κ3) is 3.94. The Morgan fingerprint density at radius 3 is 2.50 bits per heavy atom. The summed E-state index contributed by atoms with van der Waals surface area (Å²) in [7, 11) is -0.208. The van der Waals surface area contributed by atoms with Gasteiger partial charge in [0.2, 0.25) is 10.0 Å². The molecular weight excluding hydrogens is 454 g/mol. The van der Waals surface area contributed by atoms with Crippen molar-refractivity contribution in [2.24, 2.45) is 14.1 Å². The Morgan fingerprint density at radius 1 is 1.03 bits per heavy atom. The molecule has 4 aromatic rings. The molecule has 1 aromatic carbocycles. The number of nitrogens with zero attached hydrogens (tertiary/aromatic N) is 4. The number of aromatic nitrogens is 4. The molecule has 0 aliphatic rings. The van der Waals surface area contributed by atoms with Crippen LogP contribution in [0.15, 0.2) is 58.5 Å². The zero-order valence-electron chi connectivity index (χ0n) is 17.5. The number of nitrogens with one attached hydrogen (secondary N) is 1. The van der Waals surface area contributed by atoms with Crippen molar-refractivity contribution >= 4 is 38.2 Å².